The van der Waals surface area contributed by atoms with Crippen LogP contribution in [0.2, 0.25) is 0 Å². The van der Waals surface area contributed by atoms with Gasteiger partial charge >= 0.3 is 5.97 Å². The van der Waals surface area contributed by atoms with Gasteiger partial charge in [0.05, 0.1) is 20.6 Å². The van der Waals surface area contributed by atoms with Crippen LogP contribution in [0.5, 0.6) is 11.5 Å². The molecule has 0 unspecified atom stereocenters. The molecule has 0 saturated carbocycles. The lowest BCUT2D eigenvalue weighted by molar-refractivity contribution is -0.138. The van der Waals surface area contributed by atoms with Gasteiger partial charge in [-0.25, -0.2) is 0 Å². The van der Waals surface area contributed by atoms with E-state index in [0.717, 1.165) is 16.7 Å². The third kappa shape index (κ3) is 3.00. The Hall–Kier alpha value is -1.71. The number of carboxylic acid groups (broad SMARTS) is 1. The Morgan fingerprint density at radius 3 is 2.26 bits per heavy atom. The Morgan fingerprint density at radius 1 is 1.26 bits per heavy atom. The zero-order chi connectivity index (χ0) is 14.8. The summed E-state index contributed by atoms with van der Waals surface area (Å²) in [6.07, 6.45) is 0.0385. The molecule has 0 atom stereocenters. The van der Waals surface area contributed by atoms with Crippen molar-refractivity contribution in [2.45, 2.75) is 39.5 Å². The molecule has 0 aromatic heterocycles. The summed E-state index contributed by atoms with van der Waals surface area (Å²) in [5, 5.41) is 9.09. The maximum atomic E-state index is 11.1. The topological polar surface area (TPSA) is 55.8 Å². The fourth-order valence-corrected chi connectivity index (χ4v) is 2.50. The van der Waals surface area contributed by atoms with E-state index < -0.39 is 11.4 Å². The molecule has 106 valence electrons. The zero-order valence-electron chi connectivity index (χ0n) is 12.5. The van der Waals surface area contributed by atoms with Gasteiger partial charge in [-0.05, 0) is 31.0 Å². The molecule has 0 fully saturated rings. The molecule has 0 spiro atoms. The third-order valence-electron chi connectivity index (χ3n) is 3.46. The predicted molar refractivity (Wildman–Crippen MR) is 74.3 cm³/mol. The Labute approximate surface area is 114 Å². The SMILES string of the molecule is COc1cc(C)c(C)c(C(C)(C)CC(=O)O)c1OC. The van der Waals surface area contributed by atoms with Gasteiger partial charge in [-0.15, -0.1) is 0 Å². The van der Waals surface area contributed by atoms with Crippen LogP contribution in [-0.4, -0.2) is 25.3 Å². The second-order valence-electron chi connectivity index (χ2n) is 5.38. The van der Waals surface area contributed by atoms with Crippen molar-refractivity contribution >= 4 is 5.97 Å². The van der Waals surface area contributed by atoms with E-state index in [1.807, 2.05) is 33.8 Å². The highest BCUT2D eigenvalue weighted by Crippen LogP contribution is 2.43. The molecule has 1 rings (SSSR count). The van der Waals surface area contributed by atoms with E-state index in [1.54, 1.807) is 14.2 Å². The Balaban J connectivity index is 3.55. The van der Waals surface area contributed by atoms with Crippen LogP contribution in [0.4, 0.5) is 0 Å². The monoisotopic (exact) mass is 266 g/mol. The molecular weight excluding hydrogens is 244 g/mol. The minimum Gasteiger partial charge on any atom is -0.493 e. The molecule has 1 N–H and O–H groups in total. The van der Waals surface area contributed by atoms with Crippen molar-refractivity contribution in [1.82, 2.24) is 0 Å². The van der Waals surface area contributed by atoms with E-state index >= 15 is 0 Å². The molecule has 0 aliphatic carbocycles. The number of methoxy groups -OCH3 is 2. The molecule has 1 aromatic carbocycles. The number of hydrogen-bond donors (Lipinski definition) is 1. The highest BCUT2D eigenvalue weighted by atomic mass is 16.5. The molecule has 1 aromatic rings. The van der Waals surface area contributed by atoms with E-state index in [1.165, 1.54) is 0 Å². The summed E-state index contributed by atoms with van der Waals surface area (Å²) in [7, 11) is 3.16. The molecule has 0 amide bonds. The Kier molecular flexibility index (Phi) is 4.45. The molecule has 0 aliphatic rings. The standard InChI is InChI=1S/C15H22O4/c1-9-7-11(18-5)14(19-6)13(10(9)2)15(3,4)8-12(16)17/h7H,8H2,1-6H3,(H,16,17). The number of ether oxygens (including phenoxy) is 2. The quantitative estimate of drug-likeness (QED) is 0.889. The van der Waals surface area contributed by atoms with Gasteiger partial charge in [0.2, 0.25) is 0 Å². The molecule has 0 bridgehead atoms. The summed E-state index contributed by atoms with van der Waals surface area (Å²) < 4.78 is 10.8. The minimum absolute atomic E-state index is 0.0385. The lowest BCUT2D eigenvalue weighted by Gasteiger charge is -2.29. The van der Waals surface area contributed by atoms with E-state index in [9.17, 15) is 4.79 Å². The van der Waals surface area contributed by atoms with Crippen LogP contribution in [0.3, 0.4) is 0 Å². The lowest BCUT2D eigenvalue weighted by Crippen LogP contribution is -2.24. The number of aliphatic carboxylic acids is 1. The largest absolute Gasteiger partial charge is 0.493 e. The first-order chi connectivity index (χ1) is 8.74. The van der Waals surface area contributed by atoms with Gasteiger partial charge in [-0.2, -0.15) is 0 Å². The van der Waals surface area contributed by atoms with E-state index in [-0.39, 0.29) is 6.42 Å². The summed E-state index contributed by atoms with van der Waals surface area (Å²) in [5.74, 6) is 0.433. The molecule has 0 saturated heterocycles. The fourth-order valence-electron chi connectivity index (χ4n) is 2.50. The summed E-state index contributed by atoms with van der Waals surface area (Å²) >= 11 is 0. The van der Waals surface area contributed by atoms with Crippen molar-refractivity contribution in [3.8, 4) is 11.5 Å². The van der Waals surface area contributed by atoms with Gasteiger partial charge in [0.1, 0.15) is 0 Å². The minimum atomic E-state index is -0.827. The van der Waals surface area contributed by atoms with Crippen molar-refractivity contribution in [2.24, 2.45) is 0 Å². The van der Waals surface area contributed by atoms with Crippen LogP contribution in [-0.2, 0) is 10.2 Å². The maximum Gasteiger partial charge on any atom is 0.304 e. The molecule has 0 aliphatic heterocycles. The van der Waals surface area contributed by atoms with E-state index in [0.29, 0.717) is 11.5 Å². The first-order valence-electron chi connectivity index (χ1n) is 6.19. The number of rotatable bonds is 5. The highest BCUT2D eigenvalue weighted by Gasteiger charge is 2.31. The average molecular weight is 266 g/mol. The Morgan fingerprint density at radius 2 is 1.84 bits per heavy atom. The fraction of sp³-hybridized carbons (Fsp3) is 0.533. The van der Waals surface area contributed by atoms with Gasteiger partial charge in [-0.3, -0.25) is 4.79 Å². The van der Waals surface area contributed by atoms with Crippen molar-refractivity contribution in [3.63, 3.8) is 0 Å². The number of carboxylic acids is 1. The highest BCUT2D eigenvalue weighted by molar-refractivity contribution is 5.70. The third-order valence-corrected chi connectivity index (χ3v) is 3.46. The molecule has 19 heavy (non-hydrogen) atoms. The number of benzene rings is 1. The summed E-state index contributed by atoms with van der Waals surface area (Å²) in [6, 6.07) is 1.91. The van der Waals surface area contributed by atoms with Gasteiger partial charge in [0.25, 0.3) is 0 Å². The molecule has 4 nitrogen and oxygen atoms in total. The van der Waals surface area contributed by atoms with Gasteiger partial charge < -0.3 is 14.6 Å². The molecule has 0 heterocycles. The summed E-state index contributed by atoms with van der Waals surface area (Å²) in [4.78, 5) is 11.1. The van der Waals surface area contributed by atoms with Crippen LogP contribution in [0.25, 0.3) is 0 Å². The zero-order valence-corrected chi connectivity index (χ0v) is 12.5. The number of hydrogen-bond acceptors (Lipinski definition) is 3. The van der Waals surface area contributed by atoms with Crippen LogP contribution < -0.4 is 9.47 Å². The average Bonchev–Trinajstić information content (AvgIpc) is 2.29. The molecule has 0 radical (unpaired) electrons. The van der Waals surface area contributed by atoms with Crippen LogP contribution in [0.1, 0.15) is 37.0 Å². The van der Waals surface area contributed by atoms with Crippen molar-refractivity contribution in [1.29, 1.82) is 0 Å². The van der Waals surface area contributed by atoms with Crippen LogP contribution in [0.15, 0.2) is 6.07 Å². The summed E-state index contributed by atoms with van der Waals surface area (Å²) in [6.45, 7) is 7.78. The lowest BCUT2D eigenvalue weighted by atomic mass is 9.77. The second kappa shape index (κ2) is 5.51. The maximum absolute atomic E-state index is 11.1. The predicted octanol–water partition coefficient (Wildman–Crippen LogP) is 3.07. The van der Waals surface area contributed by atoms with E-state index in [2.05, 4.69) is 0 Å². The van der Waals surface area contributed by atoms with Gasteiger partial charge in [-0.1, -0.05) is 13.8 Å². The number of aryl methyl sites for hydroxylation is 1. The van der Waals surface area contributed by atoms with Crippen molar-refractivity contribution < 1.29 is 19.4 Å². The normalized spacial score (nSPS) is 11.3. The first kappa shape index (κ1) is 15.3. The second-order valence-corrected chi connectivity index (χ2v) is 5.38. The molecular formula is C15H22O4. The van der Waals surface area contributed by atoms with Crippen LogP contribution >= 0.6 is 0 Å². The van der Waals surface area contributed by atoms with Crippen LogP contribution in [0, 0.1) is 13.8 Å². The first-order valence-corrected chi connectivity index (χ1v) is 6.19. The van der Waals surface area contributed by atoms with Gasteiger partial charge in [0.15, 0.2) is 11.5 Å². The number of carbonyl (C=O) groups is 1. The Bertz CT molecular complexity index is 489. The smallest absolute Gasteiger partial charge is 0.304 e. The van der Waals surface area contributed by atoms with Crippen molar-refractivity contribution in [3.05, 3.63) is 22.8 Å². The summed E-state index contributed by atoms with van der Waals surface area (Å²) in [5.41, 5.74) is 2.48. The van der Waals surface area contributed by atoms with E-state index in [4.69, 9.17) is 14.6 Å². The molecule has 4 heteroatoms. The van der Waals surface area contributed by atoms with Crippen molar-refractivity contribution in [2.75, 3.05) is 14.2 Å². The van der Waals surface area contributed by atoms with Gasteiger partial charge in [0, 0.05) is 11.0 Å².